The number of hydrogen-bond acceptors (Lipinski definition) is 1. The predicted molar refractivity (Wildman–Crippen MR) is 51.2 cm³/mol. The summed E-state index contributed by atoms with van der Waals surface area (Å²) in [6.07, 6.45) is 5.47. The van der Waals surface area contributed by atoms with Crippen molar-refractivity contribution < 1.29 is 0 Å². The molecule has 0 bridgehead atoms. The van der Waals surface area contributed by atoms with Crippen LogP contribution in [0.3, 0.4) is 0 Å². The van der Waals surface area contributed by atoms with Gasteiger partial charge in [-0.25, -0.2) is 0 Å². The van der Waals surface area contributed by atoms with Crippen LogP contribution in [0.1, 0.15) is 13.3 Å². The topological polar surface area (TPSA) is 12.0 Å². The summed E-state index contributed by atoms with van der Waals surface area (Å²) < 4.78 is 1.25. The summed E-state index contributed by atoms with van der Waals surface area (Å²) in [5.74, 6) is 0. The highest BCUT2D eigenvalue weighted by Crippen LogP contribution is 1.84. The molecule has 0 aromatic carbocycles. The molecule has 0 fully saturated rings. The Hall–Kier alpha value is 0.430. The van der Waals surface area contributed by atoms with Crippen LogP contribution in [-0.4, -0.2) is 17.5 Å². The van der Waals surface area contributed by atoms with Crippen molar-refractivity contribution >= 4 is 22.6 Å². The summed E-state index contributed by atoms with van der Waals surface area (Å²) in [7, 11) is 0. The average molecular weight is 239 g/mol. The van der Waals surface area contributed by atoms with Crippen molar-refractivity contribution in [2.75, 3.05) is 17.5 Å². The molecule has 0 radical (unpaired) electrons. The molecule has 2 heteroatoms. The lowest BCUT2D eigenvalue weighted by atomic mass is 10.4. The predicted octanol–water partition coefficient (Wildman–Crippen LogP) is 1.98. The van der Waals surface area contributed by atoms with Crippen molar-refractivity contribution in [1.29, 1.82) is 0 Å². The van der Waals surface area contributed by atoms with Gasteiger partial charge in [0.15, 0.2) is 0 Å². The van der Waals surface area contributed by atoms with Gasteiger partial charge in [-0.3, -0.25) is 0 Å². The number of halogens is 1. The maximum Gasteiger partial charge on any atom is 0.0134 e. The molecular weight excluding hydrogens is 225 g/mol. The molecule has 0 spiro atoms. The summed E-state index contributed by atoms with van der Waals surface area (Å²) in [5, 5.41) is 3.30. The molecule has 0 saturated heterocycles. The molecule has 0 aromatic rings. The maximum absolute atomic E-state index is 3.30. The Kier molecular flexibility index (Phi) is 8.83. The van der Waals surface area contributed by atoms with Crippen molar-refractivity contribution in [1.82, 2.24) is 5.32 Å². The van der Waals surface area contributed by atoms with Crippen LogP contribution in [0.4, 0.5) is 0 Å². The molecule has 9 heavy (non-hydrogen) atoms. The van der Waals surface area contributed by atoms with Gasteiger partial charge in [-0.2, -0.15) is 0 Å². The Morgan fingerprint density at radius 1 is 1.56 bits per heavy atom. The highest BCUT2D eigenvalue weighted by Gasteiger charge is 1.80. The van der Waals surface area contributed by atoms with Gasteiger partial charge in [0.1, 0.15) is 0 Å². The van der Waals surface area contributed by atoms with Gasteiger partial charge >= 0.3 is 0 Å². The van der Waals surface area contributed by atoms with Crippen LogP contribution >= 0.6 is 22.6 Å². The molecule has 0 atom stereocenters. The molecule has 0 aliphatic rings. The molecule has 0 rings (SSSR count). The van der Waals surface area contributed by atoms with E-state index < -0.39 is 0 Å². The zero-order valence-corrected chi connectivity index (χ0v) is 8.02. The van der Waals surface area contributed by atoms with Crippen LogP contribution in [0.5, 0.6) is 0 Å². The van der Waals surface area contributed by atoms with E-state index in [4.69, 9.17) is 0 Å². The molecule has 1 N–H and O–H groups in total. The second kappa shape index (κ2) is 8.43. The number of hydrogen-bond donors (Lipinski definition) is 1. The fourth-order valence-corrected chi connectivity index (χ4v) is 0.876. The van der Waals surface area contributed by atoms with Crippen molar-refractivity contribution in [2.24, 2.45) is 0 Å². The van der Waals surface area contributed by atoms with E-state index in [0.29, 0.717) is 0 Å². The number of allylic oxidation sites excluding steroid dienone is 1. The molecule has 54 valence electrons. The van der Waals surface area contributed by atoms with E-state index in [1.165, 1.54) is 10.8 Å². The first-order valence-corrected chi connectivity index (χ1v) is 4.82. The smallest absolute Gasteiger partial charge is 0.0134 e. The van der Waals surface area contributed by atoms with Crippen molar-refractivity contribution in [3.05, 3.63) is 12.2 Å². The normalized spacial score (nSPS) is 10.9. The quantitative estimate of drug-likeness (QED) is 0.335. The molecule has 1 nitrogen and oxygen atoms in total. The molecule has 0 amide bonds. The fraction of sp³-hybridized carbons (Fsp3) is 0.714. The third kappa shape index (κ3) is 8.43. The second-order valence-electron chi connectivity index (χ2n) is 1.82. The van der Waals surface area contributed by atoms with Crippen LogP contribution < -0.4 is 5.32 Å². The van der Waals surface area contributed by atoms with Gasteiger partial charge in [-0.15, -0.1) is 0 Å². The third-order valence-electron chi connectivity index (χ3n) is 0.985. The van der Waals surface area contributed by atoms with Gasteiger partial charge in [0, 0.05) is 11.0 Å². The lowest BCUT2D eigenvalue weighted by molar-refractivity contribution is 0.737. The summed E-state index contributed by atoms with van der Waals surface area (Å²) in [5.41, 5.74) is 0. The van der Waals surface area contributed by atoms with Gasteiger partial charge in [-0.1, -0.05) is 34.7 Å². The standard InChI is InChI=1S/C7H14IN/c1-2-3-6-9-7-4-5-8/h2-3,9H,4-7H2,1H3/b3-2+. The Balaban J connectivity index is 2.75. The Bertz CT molecular complexity index is 71.3. The summed E-state index contributed by atoms with van der Waals surface area (Å²) >= 11 is 2.39. The molecular formula is C7H14IN. The van der Waals surface area contributed by atoms with Crippen LogP contribution in [-0.2, 0) is 0 Å². The van der Waals surface area contributed by atoms with Crippen molar-refractivity contribution in [2.45, 2.75) is 13.3 Å². The molecule has 0 heterocycles. The van der Waals surface area contributed by atoms with Crippen LogP contribution in [0, 0.1) is 0 Å². The minimum absolute atomic E-state index is 1.02. The highest BCUT2D eigenvalue weighted by atomic mass is 127. The lowest BCUT2D eigenvalue weighted by Gasteiger charge is -1.96. The van der Waals surface area contributed by atoms with Crippen molar-refractivity contribution in [3.63, 3.8) is 0 Å². The first-order valence-electron chi connectivity index (χ1n) is 3.29. The first kappa shape index (κ1) is 9.43. The van der Waals surface area contributed by atoms with E-state index in [1.54, 1.807) is 0 Å². The van der Waals surface area contributed by atoms with E-state index in [1.807, 2.05) is 6.92 Å². The highest BCUT2D eigenvalue weighted by molar-refractivity contribution is 14.1. The molecule has 0 unspecified atom stereocenters. The summed E-state index contributed by atoms with van der Waals surface area (Å²) in [6, 6.07) is 0. The number of rotatable bonds is 5. The lowest BCUT2D eigenvalue weighted by Crippen LogP contribution is -2.14. The van der Waals surface area contributed by atoms with Crippen LogP contribution in [0.2, 0.25) is 0 Å². The van der Waals surface area contributed by atoms with Gasteiger partial charge in [-0.05, 0) is 19.9 Å². The van der Waals surface area contributed by atoms with E-state index >= 15 is 0 Å². The second-order valence-corrected chi connectivity index (χ2v) is 2.89. The minimum atomic E-state index is 1.02. The average Bonchev–Trinajstić information content (AvgIpc) is 1.89. The molecule has 0 aliphatic carbocycles. The molecule has 0 saturated carbocycles. The zero-order valence-electron chi connectivity index (χ0n) is 5.86. The largest absolute Gasteiger partial charge is 0.313 e. The van der Waals surface area contributed by atoms with Gasteiger partial charge in [0.05, 0.1) is 0 Å². The van der Waals surface area contributed by atoms with E-state index in [-0.39, 0.29) is 0 Å². The number of nitrogens with one attached hydrogen (secondary N) is 1. The van der Waals surface area contributed by atoms with Crippen LogP contribution in [0.25, 0.3) is 0 Å². The third-order valence-corrected chi connectivity index (χ3v) is 1.75. The zero-order chi connectivity index (χ0) is 6.95. The molecule has 0 aromatic heterocycles. The minimum Gasteiger partial charge on any atom is -0.313 e. The Morgan fingerprint density at radius 3 is 2.89 bits per heavy atom. The van der Waals surface area contributed by atoms with Crippen molar-refractivity contribution in [3.8, 4) is 0 Å². The van der Waals surface area contributed by atoms with Gasteiger partial charge < -0.3 is 5.32 Å². The van der Waals surface area contributed by atoms with Gasteiger partial charge in [0.2, 0.25) is 0 Å². The first-order chi connectivity index (χ1) is 4.41. The fourth-order valence-electron chi connectivity index (χ4n) is 0.495. The van der Waals surface area contributed by atoms with E-state index in [9.17, 15) is 0 Å². The SMILES string of the molecule is C/C=C/CNCCCI. The summed E-state index contributed by atoms with van der Waals surface area (Å²) in [4.78, 5) is 0. The van der Waals surface area contributed by atoms with Gasteiger partial charge in [0.25, 0.3) is 0 Å². The summed E-state index contributed by atoms with van der Waals surface area (Å²) in [6.45, 7) is 4.21. The maximum atomic E-state index is 3.30. The number of alkyl halides is 1. The monoisotopic (exact) mass is 239 g/mol. The van der Waals surface area contributed by atoms with E-state index in [2.05, 4.69) is 40.1 Å². The Morgan fingerprint density at radius 2 is 2.33 bits per heavy atom. The van der Waals surface area contributed by atoms with E-state index in [0.717, 1.165) is 13.1 Å². The van der Waals surface area contributed by atoms with Crippen LogP contribution in [0.15, 0.2) is 12.2 Å². The Labute approximate surface area is 71.1 Å². The molecule has 0 aliphatic heterocycles.